The third-order valence-corrected chi connectivity index (χ3v) is 4.53. The summed E-state index contributed by atoms with van der Waals surface area (Å²) in [5, 5.41) is 10.7. The number of para-hydroxylation sites is 1. The van der Waals surface area contributed by atoms with Crippen LogP contribution in [0.3, 0.4) is 0 Å². The quantitative estimate of drug-likeness (QED) is 0.498. The molecule has 0 fully saturated rings. The van der Waals surface area contributed by atoms with Crippen LogP contribution in [0.1, 0.15) is 23.6 Å². The molecule has 26 heavy (non-hydrogen) atoms. The summed E-state index contributed by atoms with van der Waals surface area (Å²) in [5.74, 6) is 0.970. The van der Waals surface area contributed by atoms with E-state index in [2.05, 4.69) is 44.9 Å². The van der Waals surface area contributed by atoms with Crippen molar-refractivity contribution in [2.45, 2.75) is 33.2 Å². The number of nitrogens with zero attached hydrogens (tertiary/aromatic N) is 2. The molecule has 6 heteroatoms. The van der Waals surface area contributed by atoms with Crippen molar-refractivity contribution in [1.29, 1.82) is 0 Å². The first-order valence-electron chi connectivity index (χ1n) is 8.51. The van der Waals surface area contributed by atoms with Gasteiger partial charge in [0.25, 0.3) is 5.69 Å². The zero-order valence-electron chi connectivity index (χ0n) is 15.8. The second kappa shape index (κ2) is 10.1. The van der Waals surface area contributed by atoms with E-state index in [0.717, 1.165) is 35.4 Å². The van der Waals surface area contributed by atoms with Crippen LogP contribution in [0.15, 0.2) is 42.5 Å². The summed E-state index contributed by atoms with van der Waals surface area (Å²) < 4.78 is 6.03. The van der Waals surface area contributed by atoms with E-state index in [-0.39, 0.29) is 29.1 Å². The number of rotatable bonds is 8. The third-order valence-electron chi connectivity index (χ3n) is 4.53. The number of aryl methyl sites for hydroxylation is 2. The van der Waals surface area contributed by atoms with Crippen molar-refractivity contribution >= 4 is 18.1 Å². The number of non-ortho nitro benzene ring substituents is 1. The molecular formula is C20H27ClN2O3. The van der Waals surface area contributed by atoms with Gasteiger partial charge in [-0.05, 0) is 50.9 Å². The Kier molecular flexibility index (Phi) is 8.55. The van der Waals surface area contributed by atoms with Gasteiger partial charge in [-0.1, -0.05) is 30.3 Å². The normalized spacial score (nSPS) is 11.7. The lowest BCUT2D eigenvalue weighted by molar-refractivity contribution is -0.384. The molecule has 1 unspecified atom stereocenters. The number of nitro groups is 1. The van der Waals surface area contributed by atoms with Crippen molar-refractivity contribution in [3.63, 3.8) is 0 Å². The summed E-state index contributed by atoms with van der Waals surface area (Å²) in [6.07, 6.45) is 0.849. The molecule has 0 aliphatic rings. The zero-order valence-corrected chi connectivity index (χ0v) is 16.6. The van der Waals surface area contributed by atoms with E-state index in [1.807, 2.05) is 18.2 Å². The fraction of sp³-hybridized carbons (Fsp3) is 0.400. The molecule has 0 heterocycles. The van der Waals surface area contributed by atoms with Crippen molar-refractivity contribution in [2.75, 3.05) is 20.2 Å². The van der Waals surface area contributed by atoms with Crippen molar-refractivity contribution in [3.05, 3.63) is 69.3 Å². The van der Waals surface area contributed by atoms with Crippen LogP contribution in [-0.2, 0) is 6.42 Å². The van der Waals surface area contributed by atoms with Gasteiger partial charge in [0.2, 0.25) is 0 Å². The smallest absolute Gasteiger partial charge is 0.269 e. The van der Waals surface area contributed by atoms with E-state index in [4.69, 9.17) is 4.74 Å². The monoisotopic (exact) mass is 378 g/mol. The number of hydrogen-bond donors (Lipinski definition) is 0. The van der Waals surface area contributed by atoms with Gasteiger partial charge >= 0.3 is 0 Å². The fourth-order valence-corrected chi connectivity index (χ4v) is 2.67. The van der Waals surface area contributed by atoms with Crippen molar-refractivity contribution in [3.8, 4) is 5.75 Å². The minimum atomic E-state index is -0.372. The molecule has 0 spiro atoms. The summed E-state index contributed by atoms with van der Waals surface area (Å²) in [5.41, 5.74) is 3.54. The summed E-state index contributed by atoms with van der Waals surface area (Å²) >= 11 is 0. The highest BCUT2D eigenvalue weighted by Crippen LogP contribution is 2.22. The standard InChI is InChI=1S/C20H26N2O3.ClH/c1-15-6-5-7-16(2)20(15)25-14-17(3)21(4)13-12-18-8-10-19(11-9-18)22(23)24;/h5-11,17H,12-14H2,1-4H3;1H. The first-order chi connectivity index (χ1) is 11.9. The summed E-state index contributed by atoms with van der Waals surface area (Å²) in [7, 11) is 2.07. The van der Waals surface area contributed by atoms with E-state index >= 15 is 0 Å². The second-order valence-corrected chi connectivity index (χ2v) is 6.54. The lowest BCUT2D eigenvalue weighted by atomic mass is 10.1. The molecule has 1 atom stereocenters. The topological polar surface area (TPSA) is 55.6 Å². The van der Waals surface area contributed by atoms with Crippen LogP contribution in [0, 0.1) is 24.0 Å². The lowest BCUT2D eigenvalue weighted by Gasteiger charge is -2.25. The van der Waals surface area contributed by atoms with Gasteiger partial charge in [0, 0.05) is 24.7 Å². The molecule has 2 aromatic carbocycles. The zero-order chi connectivity index (χ0) is 18.4. The minimum Gasteiger partial charge on any atom is -0.491 e. The molecule has 0 amide bonds. The molecule has 142 valence electrons. The first-order valence-corrected chi connectivity index (χ1v) is 8.51. The fourth-order valence-electron chi connectivity index (χ4n) is 2.67. The van der Waals surface area contributed by atoms with E-state index in [1.165, 1.54) is 0 Å². The highest BCUT2D eigenvalue weighted by Gasteiger charge is 2.12. The Morgan fingerprint density at radius 2 is 1.69 bits per heavy atom. The maximum absolute atomic E-state index is 10.7. The van der Waals surface area contributed by atoms with Gasteiger partial charge in [-0.15, -0.1) is 12.4 Å². The van der Waals surface area contributed by atoms with Crippen LogP contribution in [0.5, 0.6) is 5.75 Å². The maximum atomic E-state index is 10.7. The van der Waals surface area contributed by atoms with Gasteiger partial charge < -0.3 is 4.74 Å². The molecule has 0 radical (unpaired) electrons. The molecule has 0 saturated heterocycles. The SMILES string of the molecule is Cc1cccc(C)c1OCC(C)N(C)CCc1ccc([N+](=O)[O-])cc1.Cl. The molecule has 0 aromatic heterocycles. The van der Waals surface area contributed by atoms with Crippen LogP contribution in [0.25, 0.3) is 0 Å². The van der Waals surface area contributed by atoms with E-state index < -0.39 is 0 Å². The Morgan fingerprint density at radius 3 is 2.23 bits per heavy atom. The summed E-state index contributed by atoms with van der Waals surface area (Å²) in [6.45, 7) is 7.76. The second-order valence-electron chi connectivity index (χ2n) is 6.54. The van der Waals surface area contributed by atoms with Gasteiger partial charge in [-0.3, -0.25) is 15.0 Å². The van der Waals surface area contributed by atoms with Crippen LogP contribution >= 0.6 is 12.4 Å². The largest absolute Gasteiger partial charge is 0.491 e. The van der Waals surface area contributed by atoms with Crippen LogP contribution in [0.4, 0.5) is 5.69 Å². The van der Waals surface area contributed by atoms with E-state index in [1.54, 1.807) is 12.1 Å². The van der Waals surface area contributed by atoms with Crippen LogP contribution in [0.2, 0.25) is 0 Å². The molecular weight excluding hydrogens is 352 g/mol. The van der Waals surface area contributed by atoms with Gasteiger partial charge in [0.05, 0.1) is 4.92 Å². The average molecular weight is 379 g/mol. The molecule has 0 saturated carbocycles. The molecule has 2 aromatic rings. The number of nitro benzene ring substituents is 1. The van der Waals surface area contributed by atoms with E-state index in [9.17, 15) is 10.1 Å². The van der Waals surface area contributed by atoms with Gasteiger partial charge in [0.15, 0.2) is 0 Å². The predicted octanol–water partition coefficient (Wildman–Crippen LogP) is 4.58. The lowest BCUT2D eigenvalue weighted by Crippen LogP contribution is -2.35. The number of hydrogen-bond acceptors (Lipinski definition) is 4. The van der Waals surface area contributed by atoms with Crippen LogP contribution in [-0.4, -0.2) is 36.1 Å². The maximum Gasteiger partial charge on any atom is 0.269 e. The third kappa shape index (κ3) is 6.00. The Bertz CT molecular complexity index is 699. The first kappa shape index (κ1) is 21.9. The van der Waals surface area contributed by atoms with Gasteiger partial charge in [-0.25, -0.2) is 0 Å². The number of likely N-dealkylation sites (N-methyl/N-ethyl adjacent to an activating group) is 1. The Morgan fingerprint density at radius 1 is 1.12 bits per heavy atom. The Balaban J connectivity index is 0.00000338. The Labute approximate surface area is 161 Å². The van der Waals surface area contributed by atoms with E-state index in [0.29, 0.717) is 6.61 Å². The highest BCUT2D eigenvalue weighted by molar-refractivity contribution is 5.85. The Hall–Kier alpha value is -2.11. The van der Waals surface area contributed by atoms with Gasteiger partial charge in [0.1, 0.15) is 12.4 Å². The molecule has 0 aliphatic carbocycles. The molecule has 0 aliphatic heterocycles. The molecule has 5 nitrogen and oxygen atoms in total. The number of halogens is 1. The van der Waals surface area contributed by atoms with Crippen molar-refractivity contribution < 1.29 is 9.66 Å². The van der Waals surface area contributed by atoms with Crippen LogP contribution < -0.4 is 4.74 Å². The van der Waals surface area contributed by atoms with Gasteiger partial charge in [-0.2, -0.15) is 0 Å². The number of benzene rings is 2. The number of ether oxygens (including phenoxy) is 1. The summed E-state index contributed by atoms with van der Waals surface area (Å²) in [4.78, 5) is 12.6. The minimum absolute atomic E-state index is 0. The average Bonchev–Trinajstić information content (AvgIpc) is 2.59. The van der Waals surface area contributed by atoms with Crippen molar-refractivity contribution in [2.24, 2.45) is 0 Å². The van der Waals surface area contributed by atoms with Crippen molar-refractivity contribution in [1.82, 2.24) is 4.90 Å². The molecule has 0 N–H and O–H groups in total. The highest BCUT2D eigenvalue weighted by atomic mass is 35.5. The molecule has 2 rings (SSSR count). The predicted molar refractivity (Wildman–Crippen MR) is 108 cm³/mol. The summed E-state index contributed by atoms with van der Waals surface area (Å²) in [6, 6.07) is 13.2. The molecule has 0 bridgehead atoms.